The molecule has 2 aromatic heterocycles. The van der Waals surface area contributed by atoms with Crippen LogP contribution in [-0.2, 0) is 16.8 Å². The van der Waals surface area contributed by atoms with Crippen molar-refractivity contribution in [3.63, 3.8) is 0 Å². The van der Waals surface area contributed by atoms with Crippen LogP contribution in [0.3, 0.4) is 0 Å². The van der Waals surface area contributed by atoms with Gasteiger partial charge in [0.25, 0.3) is 0 Å². The summed E-state index contributed by atoms with van der Waals surface area (Å²) in [4.78, 5) is 16.6. The molecule has 20 heteroatoms. The molecule has 0 spiro atoms. The van der Waals surface area contributed by atoms with Crippen molar-refractivity contribution in [2.24, 2.45) is 9.98 Å². The van der Waals surface area contributed by atoms with Crippen LogP contribution in [0, 0.1) is 0 Å². The third kappa shape index (κ3) is 39.2. The van der Waals surface area contributed by atoms with Crippen molar-refractivity contribution < 1.29 is 66.6 Å². The van der Waals surface area contributed by atoms with E-state index < -0.39 is 20.6 Å². The van der Waals surface area contributed by atoms with Crippen LogP contribution in [0.25, 0.3) is 0 Å². The number of aromatic nitrogens is 2. The van der Waals surface area contributed by atoms with E-state index >= 15 is 0 Å². The molecule has 0 atom stereocenters. The van der Waals surface area contributed by atoms with E-state index in [-0.39, 0.29) is 29.9 Å². The second kappa shape index (κ2) is 24.9. The molecular weight excluding hydrogens is 701 g/mol. The van der Waals surface area contributed by atoms with Gasteiger partial charge in [0, 0.05) is 48.0 Å². The van der Waals surface area contributed by atoms with Crippen LogP contribution in [0.1, 0.15) is 11.4 Å². The molecule has 2 rings (SSSR count). The molecule has 3 N–H and O–H groups in total. The Hall–Kier alpha value is -1.44. The number of aliphatic hydroxyl groups excluding tert-OH is 3. The van der Waals surface area contributed by atoms with Gasteiger partial charge in [0.15, 0.2) is 0 Å². The summed E-state index contributed by atoms with van der Waals surface area (Å²) >= 11 is 6.64. The molecule has 0 saturated heterocycles. The number of nitrogens with zero attached hydrogens (tertiary/aromatic N) is 4. The standard InChI is InChI=1S/C15H14Br2N4O.2CH4O.2BF4.Co/c16-11-1-3-13(20-5-11)7-18-9-15(22)10-19-8-14-4-2-12(17)6-21-14;2*1-2;2*2-1(3,4)5;/h1-8,15,22H,9-10H2;2*2H,1H3;;;/q;;;2*-1;+2. The normalized spacial score (nSPS) is 11.3. The van der Waals surface area contributed by atoms with Crippen molar-refractivity contribution in [1.29, 1.82) is 0 Å². The first-order valence-corrected chi connectivity index (χ1v) is 10.8. The van der Waals surface area contributed by atoms with Gasteiger partial charge in [0.1, 0.15) is 0 Å². The van der Waals surface area contributed by atoms with Gasteiger partial charge in [0.05, 0.1) is 30.6 Å². The Labute approximate surface area is 235 Å². The Morgan fingerprint density at radius 3 is 1.22 bits per heavy atom. The first kappa shape index (κ1) is 42.6. The second-order valence-electron chi connectivity index (χ2n) is 5.43. The van der Waals surface area contributed by atoms with E-state index in [0.29, 0.717) is 0 Å². The van der Waals surface area contributed by atoms with E-state index in [1.54, 1.807) is 24.8 Å². The number of aliphatic imine (C=N–C) groups is 2. The third-order valence-corrected chi connectivity index (χ3v) is 3.52. The predicted molar refractivity (Wildman–Crippen MR) is 131 cm³/mol. The van der Waals surface area contributed by atoms with Crippen LogP contribution in [0.2, 0.25) is 0 Å². The molecule has 37 heavy (non-hydrogen) atoms. The Balaban J connectivity index is -0.000000304. The molecule has 2 aromatic rings. The molecule has 0 unspecified atom stereocenters. The summed E-state index contributed by atoms with van der Waals surface area (Å²) in [5, 5.41) is 23.8. The Kier molecular flexibility index (Phi) is 28.7. The largest absolute Gasteiger partial charge is 2.00 e. The van der Waals surface area contributed by atoms with Crippen molar-refractivity contribution in [2.75, 3.05) is 27.3 Å². The van der Waals surface area contributed by atoms with Crippen molar-refractivity contribution >= 4 is 58.8 Å². The van der Waals surface area contributed by atoms with Crippen molar-refractivity contribution in [3.05, 3.63) is 57.0 Å². The van der Waals surface area contributed by atoms with Gasteiger partial charge in [0.2, 0.25) is 0 Å². The van der Waals surface area contributed by atoms with Crippen LogP contribution in [0.4, 0.5) is 34.5 Å². The van der Waals surface area contributed by atoms with E-state index in [2.05, 4.69) is 51.8 Å². The monoisotopic (exact) mass is 721 g/mol. The molecular formula is C17H22B2Br2CoF8N4O3. The fraction of sp³-hybridized carbons (Fsp3) is 0.294. The van der Waals surface area contributed by atoms with Crippen molar-refractivity contribution in [1.82, 2.24) is 9.97 Å². The van der Waals surface area contributed by atoms with Gasteiger partial charge in [-0.25, -0.2) is 0 Å². The SMILES string of the molecule is CO.CO.F[B-](F)(F)F.F[B-](F)(F)F.OC(CN=Cc1ccc(Br)cn1)CN=Cc1ccc(Br)cn1.[Co+2]. The molecule has 213 valence electrons. The minimum absolute atomic E-state index is 0. The molecule has 0 bridgehead atoms. The molecule has 0 amide bonds. The average Bonchev–Trinajstić information content (AvgIpc) is 2.77. The van der Waals surface area contributed by atoms with Crippen LogP contribution in [0.5, 0.6) is 0 Å². The van der Waals surface area contributed by atoms with Gasteiger partial charge < -0.3 is 49.8 Å². The van der Waals surface area contributed by atoms with Crippen molar-refractivity contribution in [3.8, 4) is 0 Å². The summed E-state index contributed by atoms with van der Waals surface area (Å²) in [6.45, 7) is 0.561. The average molecular weight is 723 g/mol. The minimum atomic E-state index is -6.00. The predicted octanol–water partition coefficient (Wildman–Crippen LogP) is 4.72. The molecule has 7 nitrogen and oxygen atoms in total. The Morgan fingerprint density at radius 2 is 1.00 bits per heavy atom. The minimum Gasteiger partial charge on any atom is -0.418 e. The maximum atomic E-state index is 9.81. The van der Waals surface area contributed by atoms with E-state index in [9.17, 15) is 39.6 Å². The summed E-state index contributed by atoms with van der Waals surface area (Å²) in [5.74, 6) is 0. The molecule has 2 heterocycles. The molecule has 0 aliphatic heterocycles. The van der Waals surface area contributed by atoms with Gasteiger partial charge in [-0.05, 0) is 56.1 Å². The van der Waals surface area contributed by atoms with Crippen molar-refractivity contribution in [2.45, 2.75) is 6.10 Å². The van der Waals surface area contributed by atoms with Gasteiger partial charge >= 0.3 is 31.3 Å². The number of aliphatic hydroxyl groups is 3. The fourth-order valence-electron chi connectivity index (χ4n) is 1.52. The molecule has 0 aliphatic carbocycles. The van der Waals surface area contributed by atoms with E-state index in [1.807, 2.05) is 24.3 Å². The number of hydrogen-bond donors (Lipinski definition) is 3. The maximum absolute atomic E-state index is 9.81. The van der Waals surface area contributed by atoms with Gasteiger partial charge in [-0.15, -0.1) is 0 Å². The number of halogens is 10. The number of hydrogen-bond acceptors (Lipinski definition) is 7. The summed E-state index contributed by atoms with van der Waals surface area (Å²) in [5.41, 5.74) is 1.50. The van der Waals surface area contributed by atoms with E-state index in [4.69, 9.17) is 10.2 Å². The molecule has 0 aromatic carbocycles. The zero-order valence-electron chi connectivity index (χ0n) is 19.0. The fourth-order valence-corrected chi connectivity index (χ4v) is 1.99. The Bertz CT molecular complexity index is 773. The molecule has 1 radical (unpaired) electrons. The zero-order valence-corrected chi connectivity index (χ0v) is 23.2. The van der Waals surface area contributed by atoms with Gasteiger partial charge in [-0.3, -0.25) is 20.0 Å². The third-order valence-electron chi connectivity index (χ3n) is 2.58. The molecule has 0 fully saturated rings. The molecule has 0 saturated carbocycles. The van der Waals surface area contributed by atoms with E-state index in [0.717, 1.165) is 34.6 Å². The molecule has 0 aliphatic rings. The van der Waals surface area contributed by atoms with E-state index in [1.165, 1.54) is 0 Å². The Morgan fingerprint density at radius 1 is 0.730 bits per heavy atom. The summed E-state index contributed by atoms with van der Waals surface area (Å²) in [6, 6.07) is 7.47. The quantitative estimate of drug-likeness (QED) is 0.227. The number of pyridine rings is 2. The summed E-state index contributed by atoms with van der Waals surface area (Å²) in [6.07, 6.45) is 6.05. The van der Waals surface area contributed by atoms with Crippen LogP contribution < -0.4 is 0 Å². The van der Waals surface area contributed by atoms with Gasteiger partial charge in [-0.1, -0.05) is 0 Å². The van der Waals surface area contributed by atoms with Crippen LogP contribution in [-0.4, -0.2) is 85.6 Å². The summed E-state index contributed by atoms with van der Waals surface area (Å²) < 4.78 is 79.8. The first-order valence-electron chi connectivity index (χ1n) is 9.18. The second-order valence-corrected chi connectivity index (χ2v) is 7.27. The topological polar surface area (TPSA) is 111 Å². The zero-order chi connectivity index (χ0) is 28.8. The smallest absolute Gasteiger partial charge is 0.418 e. The van der Waals surface area contributed by atoms with Gasteiger partial charge in [-0.2, -0.15) is 0 Å². The van der Waals surface area contributed by atoms with Crippen LogP contribution >= 0.6 is 31.9 Å². The van der Waals surface area contributed by atoms with Crippen LogP contribution in [0.15, 0.2) is 55.6 Å². The maximum Gasteiger partial charge on any atom is 2.00 e. The first-order chi connectivity index (χ1) is 16.6. The number of rotatable bonds is 6. The summed E-state index contributed by atoms with van der Waals surface area (Å²) in [7, 11) is -10.0.